The second-order valence-electron chi connectivity index (χ2n) is 7.63. The van der Waals surface area contributed by atoms with Gasteiger partial charge in [0.1, 0.15) is 17.1 Å². The molecule has 0 aliphatic carbocycles. The minimum atomic E-state index is -0.870. The first-order valence-electron chi connectivity index (χ1n) is 10.8. The zero-order valence-electron chi connectivity index (χ0n) is 19.3. The predicted molar refractivity (Wildman–Crippen MR) is 128 cm³/mol. The molecule has 2 aromatic rings. The van der Waals surface area contributed by atoms with Crippen LogP contribution in [0.1, 0.15) is 78.4 Å². The van der Waals surface area contributed by atoms with Gasteiger partial charge in [0.2, 0.25) is 0 Å². The highest BCUT2D eigenvalue weighted by molar-refractivity contribution is 7.12. The molecule has 178 valence electrons. The van der Waals surface area contributed by atoms with Gasteiger partial charge in [-0.15, -0.1) is 11.3 Å². The molecule has 0 saturated carbocycles. The number of thiazole rings is 1. The Hall–Kier alpha value is -3.20. The number of nitrogens with one attached hydrogen (secondary N) is 1. The third-order valence-corrected chi connectivity index (χ3v) is 5.97. The van der Waals surface area contributed by atoms with Crippen molar-refractivity contribution in [3.05, 3.63) is 61.7 Å². The van der Waals surface area contributed by atoms with Crippen LogP contribution in [0.2, 0.25) is 0 Å². The highest BCUT2D eigenvalue weighted by Gasteiger charge is 2.22. The summed E-state index contributed by atoms with van der Waals surface area (Å²) < 4.78 is 9.80. The average molecular weight is 475 g/mol. The Labute approximate surface area is 197 Å². The molecule has 0 radical (unpaired) electrons. The van der Waals surface area contributed by atoms with Crippen molar-refractivity contribution in [3.63, 3.8) is 0 Å². The first kappa shape index (κ1) is 26.1. The van der Waals surface area contributed by atoms with Crippen LogP contribution in [0.4, 0.5) is 4.79 Å². The monoisotopic (exact) mass is 474 g/mol. The molecule has 0 bridgehead atoms. The molecular weight excluding hydrogens is 444 g/mol. The summed E-state index contributed by atoms with van der Waals surface area (Å²) in [6, 6.07) is 1.32. The quantitative estimate of drug-likeness (QED) is 0.340. The van der Waals surface area contributed by atoms with Gasteiger partial charge in [-0.05, 0) is 44.3 Å². The number of carbonyl (C=O) groups is 2. The van der Waals surface area contributed by atoms with Crippen LogP contribution in [0.3, 0.4) is 0 Å². The molecule has 2 aromatic heterocycles. The second-order valence-corrected chi connectivity index (χ2v) is 8.78. The maximum Gasteiger partial charge on any atom is 0.410 e. The summed E-state index contributed by atoms with van der Waals surface area (Å²) in [7, 11) is 1.27. The number of hydrogen-bond acceptors (Lipinski definition) is 8. The van der Waals surface area contributed by atoms with Crippen LogP contribution in [0.25, 0.3) is 6.08 Å². The fourth-order valence-corrected chi connectivity index (χ4v) is 3.98. The van der Waals surface area contributed by atoms with E-state index < -0.39 is 23.3 Å². The van der Waals surface area contributed by atoms with Gasteiger partial charge in [0.05, 0.1) is 12.1 Å². The Morgan fingerprint density at radius 1 is 1.39 bits per heavy atom. The molecule has 2 N–H and O–H groups in total. The Morgan fingerprint density at radius 2 is 2.15 bits per heavy atom. The number of nitrogens with zero attached hydrogens (tertiary/aromatic N) is 1. The summed E-state index contributed by atoms with van der Waals surface area (Å²) in [5, 5.41) is 13.8. The molecule has 1 unspecified atom stereocenters. The summed E-state index contributed by atoms with van der Waals surface area (Å²) in [5.74, 6) is -0.888. The van der Waals surface area contributed by atoms with Gasteiger partial charge in [-0.25, -0.2) is 14.6 Å². The smallest absolute Gasteiger partial charge is 0.410 e. The summed E-state index contributed by atoms with van der Waals surface area (Å²) >= 11 is 1.50. The number of amides is 1. The molecule has 0 aromatic carbocycles. The third-order valence-electron chi connectivity index (χ3n) is 4.97. The van der Waals surface area contributed by atoms with E-state index in [2.05, 4.69) is 22.0 Å². The molecule has 0 aliphatic rings. The van der Waals surface area contributed by atoms with Crippen LogP contribution in [-0.4, -0.2) is 29.1 Å². The minimum Gasteiger partial charge on any atom is -0.507 e. The molecule has 8 nitrogen and oxygen atoms in total. The summed E-state index contributed by atoms with van der Waals surface area (Å²) in [6.45, 7) is 5.55. The third kappa shape index (κ3) is 7.71. The predicted octanol–water partition coefficient (Wildman–Crippen LogP) is 5.18. The fraction of sp³-hybridized carbons (Fsp3) is 0.417. The number of carbonyl (C=O) groups excluding carboxylic acids is 2. The van der Waals surface area contributed by atoms with Gasteiger partial charge in [-0.1, -0.05) is 26.3 Å². The first-order valence-corrected chi connectivity index (χ1v) is 11.6. The van der Waals surface area contributed by atoms with Crippen molar-refractivity contribution in [2.45, 2.75) is 58.8 Å². The van der Waals surface area contributed by atoms with Crippen molar-refractivity contribution in [1.82, 2.24) is 10.3 Å². The van der Waals surface area contributed by atoms with E-state index in [0.29, 0.717) is 18.4 Å². The van der Waals surface area contributed by atoms with Gasteiger partial charge in [-0.3, -0.25) is 10.1 Å². The maximum absolute atomic E-state index is 12.8. The van der Waals surface area contributed by atoms with Crippen LogP contribution in [0.15, 0.2) is 39.3 Å². The van der Waals surface area contributed by atoms with E-state index in [-0.39, 0.29) is 17.2 Å². The van der Waals surface area contributed by atoms with E-state index in [9.17, 15) is 19.5 Å². The van der Waals surface area contributed by atoms with Gasteiger partial charge >= 0.3 is 11.7 Å². The molecule has 0 spiro atoms. The number of allylic oxidation sites excluding steroid dienone is 2. The fourth-order valence-electron chi connectivity index (χ4n) is 3.02. The molecule has 0 aliphatic heterocycles. The van der Waals surface area contributed by atoms with Crippen molar-refractivity contribution in [2.75, 3.05) is 7.11 Å². The van der Waals surface area contributed by atoms with Crippen molar-refractivity contribution in [3.8, 4) is 5.75 Å². The normalized spacial score (nSPS) is 12.7. The standard InChI is InChI=1S/C24H30N2O6S/c1-5-6-10-20-26-14-17(33-20)12-16(3)22(28)21-18(27)13-19(32-23(21)29)15(2)9-7-8-11-25-24(30)31-4/h8,11-15,27H,5-7,9-10H2,1-4H3,(H,25,30)/b11-8+,16-12+. The van der Waals surface area contributed by atoms with E-state index in [1.807, 2.05) is 6.92 Å². The van der Waals surface area contributed by atoms with Crippen LogP contribution >= 0.6 is 11.3 Å². The average Bonchev–Trinajstić information content (AvgIpc) is 3.23. The molecular formula is C24H30N2O6S. The van der Waals surface area contributed by atoms with Crippen LogP contribution in [0.5, 0.6) is 5.75 Å². The Kier molecular flexibility index (Phi) is 10.1. The molecule has 2 heterocycles. The molecule has 1 atom stereocenters. The number of unbranched alkanes of at least 4 members (excludes halogenated alkanes) is 1. The number of ketones is 1. The van der Waals surface area contributed by atoms with Gasteiger partial charge in [0.15, 0.2) is 5.78 Å². The first-order chi connectivity index (χ1) is 15.8. The van der Waals surface area contributed by atoms with Crippen molar-refractivity contribution in [2.24, 2.45) is 0 Å². The van der Waals surface area contributed by atoms with Crippen molar-refractivity contribution in [1.29, 1.82) is 0 Å². The summed E-state index contributed by atoms with van der Waals surface area (Å²) in [4.78, 5) is 41.5. The summed E-state index contributed by atoms with van der Waals surface area (Å²) in [6.07, 6.45) is 10.2. The number of Topliss-reactive ketones (excluding diaryl/α,β-unsaturated/α-hetero) is 1. The van der Waals surface area contributed by atoms with E-state index in [4.69, 9.17) is 4.42 Å². The molecule has 0 fully saturated rings. The van der Waals surface area contributed by atoms with E-state index in [1.165, 1.54) is 30.7 Å². The van der Waals surface area contributed by atoms with Gasteiger partial charge in [0, 0.05) is 29.3 Å². The van der Waals surface area contributed by atoms with Crippen LogP contribution in [0, 0.1) is 0 Å². The highest BCUT2D eigenvalue weighted by Crippen LogP contribution is 2.26. The number of rotatable bonds is 11. The number of ether oxygens (including phenoxy) is 1. The van der Waals surface area contributed by atoms with Gasteiger partial charge in [0.25, 0.3) is 0 Å². The Morgan fingerprint density at radius 3 is 2.82 bits per heavy atom. The highest BCUT2D eigenvalue weighted by atomic mass is 32.1. The lowest BCUT2D eigenvalue weighted by atomic mass is 10.00. The largest absolute Gasteiger partial charge is 0.507 e. The molecule has 33 heavy (non-hydrogen) atoms. The van der Waals surface area contributed by atoms with E-state index >= 15 is 0 Å². The lowest BCUT2D eigenvalue weighted by molar-refractivity contribution is 0.102. The zero-order valence-corrected chi connectivity index (χ0v) is 20.2. The van der Waals surface area contributed by atoms with E-state index in [0.717, 1.165) is 29.1 Å². The number of hydrogen-bond donors (Lipinski definition) is 2. The van der Waals surface area contributed by atoms with Gasteiger partial charge in [-0.2, -0.15) is 0 Å². The molecule has 2 rings (SSSR count). The molecule has 0 saturated heterocycles. The topological polar surface area (TPSA) is 119 Å². The zero-order chi connectivity index (χ0) is 24.4. The number of aromatic nitrogens is 1. The summed E-state index contributed by atoms with van der Waals surface area (Å²) in [5.41, 5.74) is -0.935. The van der Waals surface area contributed by atoms with E-state index in [1.54, 1.807) is 25.3 Å². The van der Waals surface area contributed by atoms with Gasteiger partial charge < -0.3 is 14.3 Å². The number of alkyl carbamates (subject to hydrolysis) is 1. The van der Waals surface area contributed by atoms with Crippen molar-refractivity contribution >= 4 is 29.3 Å². The number of methoxy groups -OCH3 is 1. The lowest BCUT2D eigenvalue weighted by Gasteiger charge is -2.11. The minimum absolute atomic E-state index is 0.189. The van der Waals surface area contributed by atoms with Crippen molar-refractivity contribution < 1.29 is 23.8 Å². The van der Waals surface area contributed by atoms with Crippen LogP contribution in [-0.2, 0) is 11.2 Å². The lowest BCUT2D eigenvalue weighted by Crippen LogP contribution is -2.16. The number of aromatic hydroxyl groups is 1. The Bertz CT molecular complexity index is 1080. The molecule has 1 amide bonds. The molecule has 9 heteroatoms. The SMILES string of the molecule is CCCCc1ncc(/C=C(\C)C(=O)c2c(O)cc(C(C)CC/C=C/NC(=O)OC)oc2=O)s1. The number of aryl methyl sites for hydroxylation is 1. The Balaban J connectivity index is 2.09. The second kappa shape index (κ2) is 12.7. The van der Waals surface area contributed by atoms with Crippen LogP contribution < -0.4 is 10.9 Å². The maximum atomic E-state index is 12.8.